The zero-order chi connectivity index (χ0) is 20.9. The number of hydrogen-bond acceptors (Lipinski definition) is 4. The van der Waals surface area contributed by atoms with E-state index in [2.05, 4.69) is 0 Å². The van der Waals surface area contributed by atoms with Crippen molar-refractivity contribution < 1.29 is 14.3 Å². The summed E-state index contributed by atoms with van der Waals surface area (Å²) >= 11 is 12.3. The predicted molar refractivity (Wildman–Crippen MR) is 121 cm³/mol. The Bertz CT molecular complexity index is 797. The van der Waals surface area contributed by atoms with Crippen molar-refractivity contribution in [2.24, 2.45) is 11.7 Å². The van der Waals surface area contributed by atoms with Crippen LogP contribution in [0.2, 0.25) is 10.0 Å². The predicted octanol–water partition coefficient (Wildman–Crippen LogP) is 5.71. The van der Waals surface area contributed by atoms with Crippen LogP contribution in [0.15, 0.2) is 48.5 Å². The number of halogens is 3. The molecule has 2 unspecified atom stereocenters. The molecule has 3 atom stereocenters. The summed E-state index contributed by atoms with van der Waals surface area (Å²) in [5.74, 6) is -0.0601. The number of carbonyl (C=O) groups is 1. The molecule has 7 heteroatoms. The summed E-state index contributed by atoms with van der Waals surface area (Å²) in [5.41, 5.74) is 6.10. The van der Waals surface area contributed by atoms with Gasteiger partial charge in [0.25, 0.3) is 0 Å². The second kappa shape index (κ2) is 11.1. The van der Waals surface area contributed by atoms with Crippen molar-refractivity contribution in [1.82, 2.24) is 0 Å². The van der Waals surface area contributed by atoms with Gasteiger partial charge in [0.2, 0.25) is 0 Å². The van der Waals surface area contributed by atoms with Gasteiger partial charge in [-0.05, 0) is 57.9 Å². The monoisotopic (exact) mass is 459 g/mol. The minimum atomic E-state index is -0.690. The molecule has 0 fully saturated rings. The highest BCUT2D eigenvalue weighted by Gasteiger charge is 2.38. The SMILES string of the molecule is CC(OC(=O)[C@H](C)N)C(Cc1ccccc1)C(C)(C)Oc1ccc(Cl)cc1Cl.Cl. The summed E-state index contributed by atoms with van der Waals surface area (Å²) < 4.78 is 11.9. The number of benzene rings is 2. The lowest BCUT2D eigenvalue weighted by Crippen LogP contribution is -2.47. The van der Waals surface area contributed by atoms with Gasteiger partial charge < -0.3 is 15.2 Å². The molecule has 2 rings (SSSR count). The molecule has 2 aromatic rings. The second-order valence-corrected chi connectivity index (χ2v) is 8.35. The smallest absolute Gasteiger partial charge is 0.322 e. The fraction of sp³-hybridized carbons (Fsp3) is 0.409. The van der Waals surface area contributed by atoms with Gasteiger partial charge in [0.15, 0.2) is 0 Å². The number of esters is 1. The average Bonchev–Trinajstić information content (AvgIpc) is 2.62. The summed E-state index contributed by atoms with van der Waals surface area (Å²) in [7, 11) is 0. The van der Waals surface area contributed by atoms with E-state index in [0.29, 0.717) is 22.2 Å². The third-order valence-corrected chi connectivity index (χ3v) is 5.23. The van der Waals surface area contributed by atoms with Gasteiger partial charge in [0.1, 0.15) is 23.5 Å². The van der Waals surface area contributed by atoms with E-state index in [1.807, 2.05) is 51.1 Å². The van der Waals surface area contributed by atoms with Gasteiger partial charge in [-0.15, -0.1) is 12.4 Å². The molecule has 2 N–H and O–H groups in total. The molecule has 0 heterocycles. The molecule has 2 aromatic carbocycles. The topological polar surface area (TPSA) is 61.5 Å². The Hall–Kier alpha value is -1.46. The quantitative estimate of drug-likeness (QED) is 0.512. The Balaban J connectivity index is 0.00000420. The largest absolute Gasteiger partial charge is 0.486 e. The molecule has 0 bridgehead atoms. The van der Waals surface area contributed by atoms with Gasteiger partial charge in [-0.25, -0.2) is 0 Å². The first-order chi connectivity index (χ1) is 13.1. The zero-order valence-corrected chi connectivity index (χ0v) is 19.4. The molecule has 29 heavy (non-hydrogen) atoms. The fourth-order valence-corrected chi connectivity index (χ4v) is 3.58. The molecule has 0 aliphatic heterocycles. The van der Waals surface area contributed by atoms with Crippen LogP contribution in [0.4, 0.5) is 0 Å². The van der Waals surface area contributed by atoms with E-state index in [1.54, 1.807) is 25.1 Å². The average molecular weight is 461 g/mol. The first-order valence-electron chi connectivity index (χ1n) is 9.24. The second-order valence-electron chi connectivity index (χ2n) is 7.51. The molecule has 0 aromatic heterocycles. The van der Waals surface area contributed by atoms with Crippen LogP contribution in [-0.4, -0.2) is 23.7 Å². The molecule has 0 radical (unpaired) electrons. The van der Waals surface area contributed by atoms with Crippen molar-refractivity contribution in [1.29, 1.82) is 0 Å². The third kappa shape index (κ3) is 7.38. The van der Waals surface area contributed by atoms with Crippen molar-refractivity contribution in [3.8, 4) is 5.75 Å². The van der Waals surface area contributed by atoms with Crippen LogP contribution in [0.25, 0.3) is 0 Å². The van der Waals surface area contributed by atoms with Gasteiger partial charge in [-0.3, -0.25) is 4.79 Å². The van der Waals surface area contributed by atoms with Gasteiger partial charge in [0, 0.05) is 10.9 Å². The molecule has 0 spiro atoms. The lowest BCUT2D eigenvalue weighted by Gasteiger charge is -2.38. The molecule has 0 saturated carbocycles. The summed E-state index contributed by atoms with van der Waals surface area (Å²) in [5, 5.41) is 0.967. The summed E-state index contributed by atoms with van der Waals surface area (Å²) in [6.45, 7) is 7.39. The van der Waals surface area contributed by atoms with Crippen molar-refractivity contribution in [3.05, 3.63) is 64.1 Å². The van der Waals surface area contributed by atoms with E-state index in [9.17, 15) is 4.79 Å². The van der Waals surface area contributed by atoms with Crippen molar-refractivity contribution >= 4 is 41.6 Å². The van der Waals surface area contributed by atoms with Crippen molar-refractivity contribution in [2.75, 3.05) is 0 Å². The van der Waals surface area contributed by atoms with E-state index >= 15 is 0 Å². The molecule has 0 saturated heterocycles. The van der Waals surface area contributed by atoms with Gasteiger partial charge in [0.05, 0.1) is 5.02 Å². The standard InChI is InChI=1S/C22H27Cl2NO3.ClH/c1-14(25)21(26)27-15(2)18(12-16-8-6-5-7-9-16)22(3,4)28-20-11-10-17(23)13-19(20)24;/h5-11,13-15,18H,12,25H2,1-4H3;1H/t14-,15?,18?;/m0./s1. The fourth-order valence-electron chi connectivity index (χ4n) is 3.13. The summed E-state index contributed by atoms with van der Waals surface area (Å²) in [4.78, 5) is 12.1. The first-order valence-corrected chi connectivity index (χ1v) is 10.00. The van der Waals surface area contributed by atoms with Crippen LogP contribution in [0.3, 0.4) is 0 Å². The van der Waals surface area contributed by atoms with E-state index in [-0.39, 0.29) is 18.3 Å². The zero-order valence-electron chi connectivity index (χ0n) is 17.0. The highest BCUT2D eigenvalue weighted by molar-refractivity contribution is 6.35. The molecule has 0 amide bonds. The van der Waals surface area contributed by atoms with Gasteiger partial charge >= 0.3 is 5.97 Å². The number of ether oxygens (including phenoxy) is 2. The van der Waals surface area contributed by atoms with Crippen LogP contribution < -0.4 is 10.5 Å². The first kappa shape index (κ1) is 25.6. The van der Waals surface area contributed by atoms with Crippen LogP contribution >= 0.6 is 35.6 Å². The number of nitrogens with two attached hydrogens (primary N) is 1. The molecular weight excluding hydrogens is 433 g/mol. The number of carbonyl (C=O) groups excluding carboxylic acids is 1. The maximum Gasteiger partial charge on any atom is 0.322 e. The Kier molecular flexibility index (Phi) is 9.77. The van der Waals surface area contributed by atoms with E-state index in [4.69, 9.17) is 38.4 Å². The molecule has 4 nitrogen and oxygen atoms in total. The highest BCUT2D eigenvalue weighted by atomic mass is 35.5. The Morgan fingerprint density at radius 1 is 1.10 bits per heavy atom. The molecule has 0 aliphatic rings. The number of hydrogen-bond donors (Lipinski definition) is 1. The highest BCUT2D eigenvalue weighted by Crippen LogP contribution is 2.35. The molecular formula is C22H28Cl3NO3. The normalized spacial score (nSPS) is 14.3. The van der Waals surface area contributed by atoms with Crippen molar-refractivity contribution in [2.45, 2.75) is 51.9 Å². The van der Waals surface area contributed by atoms with Crippen LogP contribution in [0.1, 0.15) is 33.3 Å². The number of rotatable bonds is 8. The van der Waals surface area contributed by atoms with Crippen LogP contribution in [-0.2, 0) is 16.0 Å². The minimum Gasteiger partial charge on any atom is -0.486 e. The van der Waals surface area contributed by atoms with E-state index < -0.39 is 23.7 Å². The van der Waals surface area contributed by atoms with Gasteiger partial charge in [-0.1, -0.05) is 53.5 Å². The van der Waals surface area contributed by atoms with Crippen LogP contribution in [0.5, 0.6) is 5.75 Å². The van der Waals surface area contributed by atoms with E-state index in [0.717, 1.165) is 5.56 Å². The third-order valence-electron chi connectivity index (χ3n) is 4.70. The molecule has 0 aliphatic carbocycles. The summed E-state index contributed by atoms with van der Waals surface area (Å²) in [6, 6.07) is 14.4. The lowest BCUT2D eigenvalue weighted by atomic mass is 9.81. The lowest BCUT2D eigenvalue weighted by molar-refractivity contribution is -0.156. The maximum absolute atomic E-state index is 12.1. The van der Waals surface area contributed by atoms with Crippen molar-refractivity contribution in [3.63, 3.8) is 0 Å². The molecule has 160 valence electrons. The Morgan fingerprint density at radius 2 is 1.72 bits per heavy atom. The summed E-state index contributed by atoms with van der Waals surface area (Å²) in [6.07, 6.45) is 0.242. The van der Waals surface area contributed by atoms with E-state index in [1.165, 1.54) is 0 Å². The van der Waals surface area contributed by atoms with Crippen LogP contribution in [0, 0.1) is 5.92 Å². The minimum absolute atomic E-state index is 0. The Labute approximate surface area is 189 Å². The Morgan fingerprint density at radius 3 is 2.28 bits per heavy atom. The maximum atomic E-state index is 12.1. The van der Waals surface area contributed by atoms with Gasteiger partial charge in [-0.2, -0.15) is 0 Å².